The molecule has 1 aliphatic carbocycles. The minimum Gasteiger partial charge on any atom is -0.445 e. The molecule has 2 aromatic rings. The summed E-state index contributed by atoms with van der Waals surface area (Å²) < 4.78 is 6.21. The lowest BCUT2D eigenvalue weighted by molar-refractivity contribution is -0.127. The molecule has 0 aliphatic heterocycles. The third kappa shape index (κ3) is 6.07. The van der Waals surface area contributed by atoms with Gasteiger partial charge >= 0.3 is 6.09 Å². The number of rotatable bonds is 6. The lowest BCUT2D eigenvalue weighted by Gasteiger charge is -2.31. The number of amides is 2. The number of halogens is 1. The van der Waals surface area contributed by atoms with Crippen LogP contribution in [0.2, 0.25) is 0 Å². The molecule has 0 spiro atoms. The molecule has 0 radical (unpaired) electrons. The van der Waals surface area contributed by atoms with E-state index in [0.717, 1.165) is 28.4 Å². The Hall–Kier alpha value is -2.85. The van der Waals surface area contributed by atoms with Crippen LogP contribution in [0.25, 0.3) is 0 Å². The van der Waals surface area contributed by atoms with Crippen LogP contribution in [0.4, 0.5) is 4.79 Å². The molecule has 1 fully saturated rings. The maximum absolute atomic E-state index is 12.9. The minimum atomic E-state index is -0.738. The number of hydrogen-bond donors (Lipinski definition) is 2. The topological polar surface area (TPSA) is 91.2 Å². The Bertz CT molecular complexity index is 896. The van der Waals surface area contributed by atoms with E-state index in [-0.39, 0.29) is 18.6 Å². The van der Waals surface area contributed by atoms with Gasteiger partial charge in [-0.2, -0.15) is 5.26 Å². The number of nitrogens with one attached hydrogen (secondary N) is 2. The Labute approximate surface area is 184 Å². The second-order valence-electron chi connectivity index (χ2n) is 7.33. The van der Waals surface area contributed by atoms with Crippen LogP contribution in [-0.2, 0) is 16.1 Å². The fourth-order valence-corrected chi connectivity index (χ4v) is 3.89. The van der Waals surface area contributed by atoms with Crippen LogP contribution < -0.4 is 10.6 Å². The van der Waals surface area contributed by atoms with Crippen molar-refractivity contribution in [1.82, 2.24) is 10.6 Å². The molecular formula is C23H24BrN3O3. The van der Waals surface area contributed by atoms with Crippen molar-refractivity contribution < 1.29 is 14.3 Å². The van der Waals surface area contributed by atoms with Gasteiger partial charge in [-0.15, -0.1) is 0 Å². The summed E-state index contributed by atoms with van der Waals surface area (Å²) in [6.07, 6.45) is 2.67. The molecule has 2 N–H and O–H groups in total. The number of carbonyl (C=O) groups is 2. The van der Waals surface area contributed by atoms with Crippen LogP contribution in [0, 0.1) is 17.2 Å². The van der Waals surface area contributed by atoms with Gasteiger partial charge in [0.1, 0.15) is 12.6 Å². The lowest BCUT2D eigenvalue weighted by Crippen LogP contribution is -2.49. The van der Waals surface area contributed by atoms with Gasteiger partial charge in [-0.25, -0.2) is 4.79 Å². The molecule has 30 heavy (non-hydrogen) atoms. The van der Waals surface area contributed by atoms with Crippen molar-refractivity contribution in [1.29, 1.82) is 5.26 Å². The predicted octanol–water partition coefficient (Wildman–Crippen LogP) is 4.62. The van der Waals surface area contributed by atoms with Crippen LogP contribution in [0.1, 0.15) is 42.9 Å². The van der Waals surface area contributed by atoms with Crippen LogP contribution >= 0.6 is 15.9 Å². The maximum Gasteiger partial charge on any atom is 0.407 e. The zero-order valence-electron chi connectivity index (χ0n) is 16.5. The van der Waals surface area contributed by atoms with E-state index in [2.05, 4.69) is 32.6 Å². The van der Waals surface area contributed by atoms with Crippen LogP contribution in [0.15, 0.2) is 59.1 Å². The zero-order chi connectivity index (χ0) is 21.3. The van der Waals surface area contributed by atoms with E-state index in [4.69, 9.17) is 4.74 Å². The van der Waals surface area contributed by atoms with Gasteiger partial charge in [0.15, 0.2) is 0 Å². The van der Waals surface area contributed by atoms with Gasteiger partial charge < -0.3 is 15.4 Å². The van der Waals surface area contributed by atoms with Gasteiger partial charge in [-0.05, 0) is 36.1 Å². The molecule has 7 heteroatoms. The molecule has 0 heterocycles. The summed E-state index contributed by atoms with van der Waals surface area (Å²) >= 11 is 3.37. The molecule has 6 nitrogen and oxygen atoms in total. The second-order valence-corrected chi connectivity index (χ2v) is 8.24. The molecule has 1 saturated carbocycles. The van der Waals surface area contributed by atoms with Crippen molar-refractivity contribution in [3.8, 4) is 6.07 Å². The average Bonchev–Trinajstić information content (AvgIpc) is 2.77. The van der Waals surface area contributed by atoms with Crippen LogP contribution in [0.3, 0.4) is 0 Å². The fraction of sp³-hybridized carbons (Fsp3) is 0.348. The largest absolute Gasteiger partial charge is 0.445 e. The number of nitriles is 1. The van der Waals surface area contributed by atoms with Crippen molar-refractivity contribution in [2.45, 2.75) is 44.4 Å². The summed E-state index contributed by atoms with van der Waals surface area (Å²) in [6, 6.07) is 17.8. The highest BCUT2D eigenvalue weighted by atomic mass is 79.9. The third-order valence-electron chi connectivity index (χ3n) is 5.24. The Balaban J connectivity index is 1.58. The normalized spacial score (nSPS) is 19.2. The number of alkyl carbamates (subject to hydrolysis) is 1. The molecule has 0 bridgehead atoms. The Morgan fingerprint density at radius 3 is 2.50 bits per heavy atom. The SMILES string of the molecule is N#CC(NC(=O)[C@H]1CCCC[C@H]1NC(=O)OCc1ccccc1)c1ccc(Br)cc1. The molecule has 3 atom stereocenters. The first-order valence-electron chi connectivity index (χ1n) is 9.99. The van der Waals surface area contributed by atoms with Gasteiger partial charge in [-0.1, -0.05) is 71.2 Å². The van der Waals surface area contributed by atoms with E-state index < -0.39 is 18.1 Å². The van der Waals surface area contributed by atoms with Crippen molar-refractivity contribution >= 4 is 27.9 Å². The van der Waals surface area contributed by atoms with Crippen LogP contribution in [-0.4, -0.2) is 18.0 Å². The quantitative estimate of drug-likeness (QED) is 0.645. The molecule has 156 valence electrons. The van der Waals surface area contributed by atoms with E-state index >= 15 is 0 Å². The van der Waals surface area contributed by atoms with Crippen LogP contribution in [0.5, 0.6) is 0 Å². The smallest absolute Gasteiger partial charge is 0.407 e. The van der Waals surface area contributed by atoms with Crippen molar-refractivity contribution in [3.63, 3.8) is 0 Å². The summed E-state index contributed by atoms with van der Waals surface area (Å²) in [5.41, 5.74) is 1.62. The zero-order valence-corrected chi connectivity index (χ0v) is 18.1. The first-order chi connectivity index (χ1) is 14.6. The van der Waals surface area contributed by atoms with Crippen molar-refractivity contribution in [2.24, 2.45) is 5.92 Å². The number of hydrogen-bond acceptors (Lipinski definition) is 4. The Morgan fingerprint density at radius 2 is 1.80 bits per heavy atom. The Kier molecular flexibility index (Phi) is 7.86. The minimum absolute atomic E-state index is 0.177. The van der Waals surface area contributed by atoms with Gasteiger partial charge in [0.25, 0.3) is 0 Å². The number of carbonyl (C=O) groups excluding carboxylic acids is 2. The summed E-state index contributed by atoms with van der Waals surface area (Å²) in [5.74, 6) is -0.619. The van der Waals surface area contributed by atoms with Crippen molar-refractivity contribution in [3.05, 3.63) is 70.2 Å². The summed E-state index contributed by atoms with van der Waals surface area (Å²) in [5, 5.41) is 15.2. The molecule has 1 aliphatic rings. The lowest BCUT2D eigenvalue weighted by atomic mass is 9.83. The van der Waals surface area contributed by atoms with E-state index in [1.165, 1.54) is 0 Å². The fourth-order valence-electron chi connectivity index (χ4n) is 3.63. The Morgan fingerprint density at radius 1 is 1.10 bits per heavy atom. The number of nitrogens with zero attached hydrogens (tertiary/aromatic N) is 1. The number of ether oxygens (including phenoxy) is 1. The summed E-state index contributed by atoms with van der Waals surface area (Å²) in [7, 11) is 0. The maximum atomic E-state index is 12.9. The third-order valence-corrected chi connectivity index (χ3v) is 5.77. The van der Waals surface area contributed by atoms with Gasteiger partial charge in [0, 0.05) is 10.5 Å². The first-order valence-corrected chi connectivity index (χ1v) is 10.8. The summed E-state index contributed by atoms with van der Waals surface area (Å²) in [6.45, 7) is 0.177. The molecule has 1 unspecified atom stereocenters. The second kappa shape index (κ2) is 10.8. The summed E-state index contributed by atoms with van der Waals surface area (Å²) in [4.78, 5) is 25.2. The molecule has 0 saturated heterocycles. The van der Waals surface area contributed by atoms with E-state index in [9.17, 15) is 14.9 Å². The molecule has 2 aromatic carbocycles. The number of benzene rings is 2. The standard InChI is InChI=1S/C23H24BrN3O3/c24-18-12-10-17(11-13-18)21(14-25)26-22(28)19-8-4-5-9-20(19)27-23(29)30-15-16-6-2-1-3-7-16/h1-3,6-7,10-13,19-21H,4-5,8-9,15H2,(H,26,28)(H,27,29)/t19-,20+,21?/m0/s1. The van der Waals surface area contributed by atoms with E-state index in [0.29, 0.717) is 12.8 Å². The van der Waals surface area contributed by atoms with Crippen molar-refractivity contribution in [2.75, 3.05) is 0 Å². The molecule has 3 rings (SSSR count). The monoisotopic (exact) mass is 469 g/mol. The highest BCUT2D eigenvalue weighted by Crippen LogP contribution is 2.26. The molecule has 2 amide bonds. The molecular weight excluding hydrogens is 446 g/mol. The van der Waals surface area contributed by atoms with Gasteiger partial charge in [0.2, 0.25) is 5.91 Å². The van der Waals surface area contributed by atoms with Gasteiger partial charge in [0.05, 0.1) is 12.0 Å². The average molecular weight is 470 g/mol. The predicted molar refractivity (Wildman–Crippen MR) is 116 cm³/mol. The highest BCUT2D eigenvalue weighted by Gasteiger charge is 2.33. The molecule has 0 aromatic heterocycles. The van der Waals surface area contributed by atoms with E-state index in [1.807, 2.05) is 42.5 Å². The first kappa shape index (κ1) is 21.8. The van der Waals surface area contributed by atoms with Gasteiger partial charge in [-0.3, -0.25) is 4.79 Å². The van der Waals surface area contributed by atoms with E-state index in [1.54, 1.807) is 12.1 Å². The highest BCUT2D eigenvalue weighted by molar-refractivity contribution is 9.10.